The van der Waals surface area contributed by atoms with Gasteiger partial charge in [-0.05, 0) is 45.0 Å². The maximum Gasteiger partial charge on any atom is 0.0595 e. The van der Waals surface area contributed by atoms with Crippen molar-refractivity contribution in [2.45, 2.75) is 31.8 Å². The van der Waals surface area contributed by atoms with E-state index in [1.165, 1.54) is 0 Å². The molecule has 0 bridgehead atoms. The number of halogens is 2. The van der Waals surface area contributed by atoms with E-state index in [0.29, 0.717) is 10.0 Å². The molecule has 0 aromatic heterocycles. The van der Waals surface area contributed by atoms with Crippen LogP contribution in [0.4, 0.5) is 0 Å². The third kappa shape index (κ3) is 3.95. The predicted molar refractivity (Wildman–Crippen MR) is 71.1 cm³/mol. The summed E-state index contributed by atoms with van der Waals surface area (Å²) in [5.74, 6) is 0. The first-order valence-corrected chi connectivity index (χ1v) is 6.00. The molecule has 0 amide bonds. The minimum Gasteiger partial charge on any atom is -0.325 e. The number of hydrogen-bond acceptors (Lipinski definition) is 2. The zero-order valence-electron chi connectivity index (χ0n) is 9.85. The summed E-state index contributed by atoms with van der Waals surface area (Å²) < 4.78 is 0. The second kappa shape index (κ2) is 5.37. The van der Waals surface area contributed by atoms with Crippen molar-refractivity contribution in [1.82, 2.24) is 5.32 Å². The third-order valence-electron chi connectivity index (χ3n) is 2.42. The van der Waals surface area contributed by atoms with Crippen LogP contribution in [0.2, 0.25) is 10.0 Å². The number of nitrogens with two attached hydrogens (primary N) is 1. The second-order valence-corrected chi connectivity index (χ2v) is 5.52. The van der Waals surface area contributed by atoms with Crippen molar-refractivity contribution in [3.63, 3.8) is 0 Å². The molecule has 0 aliphatic heterocycles. The Kier molecular flexibility index (Phi) is 4.62. The van der Waals surface area contributed by atoms with Gasteiger partial charge in [0.15, 0.2) is 0 Å². The highest BCUT2D eigenvalue weighted by Crippen LogP contribution is 2.28. The molecule has 16 heavy (non-hydrogen) atoms. The van der Waals surface area contributed by atoms with E-state index in [9.17, 15) is 0 Å². The molecule has 0 saturated carbocycles. The van der Waals surface area contributed by atoms with Gasteiger partial charge in [0.2, 0.25) is 0 Å². The summed E-state index contributed by atoms with van der Waals surface area (Å²) in [6.45, 7) is 4.02. The van der Waals surface area contributed by atoms with E-state index in [0.717, 1.165) is 12.0 Å². The van der Waals surface area contributed by atoms with Gasteiger partial charge in [0.05, 0.1) is 10.0 Å². The fourth-order valence-corrected chi connectivity index (χ4v) is 1.95. The predicted octanol–water partition coefficient (Wildman–Crippen LogP) is 3.38. The van der Waals surface area contributed by atoms with Gasteiger partial charge in [-0.1, -0.05) is 29.3 Å². The van der Waals surface area contributed by atoms with Crippen molar-refractivity contribution < 1.29 is 0 Å². The lowest BCUT2D eigenvalue weighted by molar-refractivity contribution is 0.396. The molecule has 1 atom stereocenters. The zero-order valence-corrected chi connectivity index (χ0v) is 11.4. The first kappa shape index (κ1) is 13.8. The molecule has 0 aliphatic carbocycles. The van der Waals surface area contributed by atoms with Gasteiger partial charge in [0, 0.05) is 11.6 Å². The monoisotopic (exact) mass is 260 g/mol. The van der Waals surface area contributed by atoms with E-state index in [-0.39, 0.29) is 11.6 Å². The highest BCUT2D eigenvalue weighted by Gasteiger charge is 2.19. The van der Waals surface area contributed by atoms with Crippen LogP contribution in [0.3, 0.4) is 0 Å². The van der Waals surface area contributed by atoms with E-state index >= 15 is 0 Å². The Labute approximate surface area is 107 Å². The van der Waals surface area contributed by atoms with Crippen molar-refractivity contribution >= 4 is 23.2 Å². The molecule has 0 radical (unpaired) electrons. The first-order chi connectivity index (χ1) is 7.33. The summed E-state index contributed by atoms with van der Waals surface area (Å²) in [5.41, 5.74) is 6.90. The largest absolute Gasteiger partial charge is 0.325 e. The van der Waals surface area contributed by atoms with Crippen molar-refractivity contribution in [3.05, 3.63) is 33.8 Å². The Morgan fingerprint density at radius 3 is 2.38 bits per heavy atom. The van der Waals surface area contributed by atoms with E-state index < -0.39 is 0 Å². The Morgan fingerprint density at radius 2 is 1.94 bits per heavy atom. The minimum atomic E-state index is -0.222. The lowest BCUT2D eigenvalue weighted by Gasteiger charge is -2.26. The Balaban J connectivity index is 2.91. The Morgan fingerprint density at radius 1 is 1.31 bits per heavy atom. The summed E-state index contributed by atoms with van der Waals surface area (Å²) in [6, 6.07) is 5.86. The standard InChI is InChI=1S/C12H18Cl2N2/c1-12(2,15)7-11(16-3)8-4-5-9(13)10(14)6-8/h4-6,11,16H,7,15H2,1-3H3. The van der Waals surface area contributed by atoms with Crippen molar-refractivity contribution in [3.8, 4) is 0 Å². The van der Waals surface area contributed by atoms with Gasteiger partial charge in [-0.2, -0.15) is 0 Å². The van der Waals surface area contributed by atoms with Crippen LogP contribution in [0.25, 0.3) is 0 Å². The van der Waals surface area contributed by atoms with Gasteiger partial charge in [-0.15, -0.1) is 0 Å². The molecule has 0 spiro atoms. The average Bonchev–Trinajstić information content (AvgIpc) is 2.17. The zero-order chi connectivity index (χ0) is 12.3. The molecule has 0 aliphatic rings. The lowest BCUT2D eigenvalue weighted by atomic mass is 9.92. The van der Waals surface area contributed by atoms with Crippen LogP contribution < -0.4 is 11.1 Å². The van der Waals surface area contributed by atoms with Crippen LogP contribution in [0.15, 0.2) is 18.2 Å². The number of nitrogens with one attached hydrogen (secondary N) is 1. The van der Waals surface area contributed by atoms with Crippen molar-refractivity contribution in [2.75, 3.05) is 7.05 Å². The number of hydrogen-bond donors (Lipinski definition) is 2. The molecule has 1 aromatic rings. The molecule has 1 rings (SSSR count). The second-order valence-electron chi connectivity index (χ2n) is 4.71. The molecule has 0 fully saturated rings. The van der Waals surface area contributed by atoms with E-state index in [2.05, 4.69) is 5.32 Å². The van der Waals surface area contributed by atoms with Crippen LogP contribution in [0.5, 0.6) is 0 Å². The first-order valence-electron chi connectivity index (χ1n) is 5.24. The number of rotatable bonds is 4. The van der Waals surface area contributed by atoms with Crippen molar-refractivity contribution in [1.29, 1.82) is 0 Å². The van der Waals surface area contributed by atoms with Gasteiger partial charge in [0.1, 0.15) is 0 Å². The maximum absolute atomic E-state index is 6.02. The molecule has 4 heteroatoms. The summed E-state index contributed by atoms with van der Waals surface area (Å²) in [6.07, 6.45) is 0.835. The number of benzene rings is 1. The smallest absolute Gasteiger partial charge is 0.0595 e. The molecule has 0 saturated heterocycles. The SMILES string of the molecule is CNC(CC(C)(C)N)c1ccc(Cl)c(Cl)c1. The van der Waals surface area contributed by atoms with Crippen LogP contribution in [-0.4, -0.2) is 12.6 Å². The van der Waals surface area contributed by atoms with Crippen LogP contribution in [0, 0.1) is 0 Å². The lowest BCUT2D eigenvalue weighted by Crippen LogP contribution is -2.36. The highest BCUT2D eigenvalue weighted by molar-refractivity contribution is 6.42. The van der Waals surface area contributed by atoms with Gasteiger partial charge < -0.3 is 11.1 Å². The maximum atomic E-state index is 6.02. The molecule has 0 heterocycles. The summed E-state index contributed by atoms with van der Waals surface area (Å²) in [4.78, 5) is 0. The topological polar surface area (TPSA) is 38.0 Å². The summed E-state index contributed by atoms with van der Waals surface area (Å²) >= 11 is 11.9. The fraction of sp³-hybridized carbons (Fsp3) is 0.500. The van der Waals surface area contributed by atoms with Gasteiger partial charge in [-0.3, -0.25) is 0 Å². The summed E-state index contributed by atoms with van der Waals surface area (Å²) in [5, 5.41) is 4.39. The molecular weight excluding hydrogens is 243 g/mol. The molecular formula is C12H18Cl2N2. The van der Waals surface area contributed by atoms with Crippen LogP contribution >= 0.6 is 23.2 Å². The van der Waals surface area contributed by atoms with Crippen LogP contribution in [0.1, 0.15) is 31.9 Å². The molecule has 1 unspecified atom stereocenters. The van der Waals surface area contributed by atoms with E-state index in [4.69, 9.17) is 28.9 Å². The summed E-state index contributed by atoms with van der Waals surface area (Å²) in [7, 11) is 1.92. The average molecular weight is 261 g/mol. The van der Waals surface area contributed by atoms with Crippen LogP contribution in [-0.2, 0) is 0 Å². The van der Waals surface area contributed by atoms with E-state index in [1.54, 1.807) is 0 Å². The third-order valence-corrected chi connectivity index (χ3v) is 3.16. The highest BCUT2D eigenvalue weighted by atomic mass is 35.5. The molecule has 90 valence electrons. The van der Waals surface area contributed by atoms with Gasteiger partial charge in [-0.25, -0.2) is 0 Å². The molecule has 3 N–H and O–H groups in total. The van der Waals surface area contributed by atoms with Gasteiger partial charge in [0.25, 0.3) is 0 Å². The Hall–Kier alpha value is -0.280. The normalized spacial score (nSPS) is 13.9. The van der Waals surface area contributed by atoms with E-state index in [1.807, 2.05) is 39.1 Å². The Bertz CT molecular complexity index is 359. The fourth-order valence-electron chi connectivity index (χ4n) is 1.64. The van der Waals surface area contributed by atoms with Crippen molar-refractivity contribution in [2.24, 2.45) is 5.73 Å². The molecule has 2 nitrogen and oxygen atoms in total. The minimum absolute atomic E-state index is 0.190. The van der Waals surface area contributed by atoms with Gasteiger partial charge >= 0.3 is 0 Å². The quantitative estimate of drug-likeness (QED) is 0.871. The molecule has 1 aromatic carbocycles.